The zero-order valence-corrected chi connectivity index (χ0v) is 19.9. The van der Waals surface area contributed by atoms with E-state index in [-0.39, 0.29) is 24.2 Å². The first-order valence-corrected chi connectivity index (χ1v) is 11.3. The number of aromatic nitrogens is 7. The third-order valence-corrected chi connectivity index (χ3v) is 5.98. The molecule has 37 heavy (non-hydrogen) atoms. The van der Waals surface area contributed by atoms with Gasteiger partial charge in [0.15, 0.2) is 11.4 Å². The van der Waals surface area contributed by atoms with Gasteiger partial charge in [0.1, 0.15) is 12.2 Å². The fraction of sp³-hybridized carbons (Fsp3) is 0.304. The molecule has 0 radical (unpaired) electrons. The van der Waals surface area contributed by atoms with Crippen molar-refractivity contribution in [3.8, 4) is 23.0 Å². The Morgan fingerprint density at radius 2 is 2.11 bits per heavy atom. The summed E-state index contributed by atoms with van der Waals surface area (Å²) in [5, 5.41) is 22.4. The van der Waals surface area contributed by atoms with Gasteiger partial charge in [-0.2, -0.15) is 10.1 Å². The van der Waals surface area contributed by atoms with Crippen LogP contribution in [-0.2, 0) is 16.9 Å². The average Bonchev–Trinajstić information content (AvgIpc) is 3.59. The average molecular weight is 511 g/mol. The van der Waals surface area contributed by atoms with E-state index in [1.54, 1.807) is 37.6 Å². The molecule has 4 aromatic heterocycles. The second kappa shape index (κ2) is 9.54. The van der Waals surface area contributed by atoms with Crippen LogP contribution in [0.15, 0.2) is 49.2 Å². The number of ether oxygens (including phenoxy) is 1. The summed E-state index contributed by atoms with van der Waals surface area (Å²) in [6.07, 6.45) is 5.39. The first-order valence-electron chi connectivity index (χ1n) is 11.3. The lowest BCUT2D eigenvalue weighted by molar-refractivity contribution is -0.143. The van der Waals surface area contributed by atoms with Crippen molar-refractivity contribution < 1.29 is 23.4 Å². The monoisotopic (exact) mass is 511 g/mol. The number of hydrogen-bond donors (Lipinski definition) is 2. The fourth-order valence-electron chi connectivity index (χ4n) is 4.07. The summed E-state index contributed by atoms with van der Waals surface area (Å²) in [4.78, 5) is 26.8. The molecule has 0 spiro atoms. The number of carbonyl (C=O) groups excluding carboxylic acids is 1. The van der Waals surface area contributed by atoms with Crippen LogP contribution in [0.25, 0.3) is 17.1 Å². The minimum absolute atomic E-state index is 0.122. The molecule has 5 rings (SSSR count). The highest BCUT2D eigenvalue weighted by molar-refractivity contribution is 5.88. The van der Waals surface area contributed by atoms with E-state index in [4.69, 9.17) is 4.74 Å². The van der Waals surface area contributed by atoms with Crippen molar-refractivity contribution in [1.29, 1.82) is 0 Å². The number of likely N-dealkylation sites (tertiary alicyclic amines) is 1. The Bertz CT molecular complexity index is 1440. The molecule has 1 fully saturated rings. The largest absolute Gasteiger partial charge is 0.478 e. The molecule has 4 aromatic rings. The van der Waals surface area contributed by atoms with E-state index in [1.165, 1.54) is 35.3 Å². The quantitative estimate of drug-likeness (QED) is 0.364. The number of methoxy groups -OCH3 is 1. The van der Waals surface area contributed by atoms with Gasteiger partial charge in [0.05, 0.1) is 19.0 Å². The van der Waals surface area contributed by atoms with E-state index in [0.29, 0.717) is 34.9 Å². The number of halogens is 2. The van der Waals surface area contributed by atoms with Gasteiger partial charge in [0, 0.05) is 62.0 Å². The van der Waals surface area contributed by atoms with Gasteiger partial charge in [0.2, 0.25) is 5.95 Å². The van der Waals surface area contributed by atoms with Crippen molar-refractivity contribution in [2.75, 3.05) is 26.0 Å². The number of pyridine rings is 1. The summed E-state index contributed by atoms with van der Waals surface area (Å²) in [6, 6.07) is 5.09. The van der Waals surface area contributed by atoms with Gasteiger partial charge in [-0.3, -0.25) is 14.5 Å². The normalized spacial score (nSPS) is 17.6. The summed E-state index contributed by atoms with van der Waals surface area (Å²) < 4.78 is 33.2. The Morgan fingerprint density at radius 1 is 1.27 bits per heavy atom. The number of carbonyl (C=O) groups is 1. The number of likely N-dealkylation sites (N-methyl/N-ethyl adjacent to an activating group) is 1. The molecule has 5 heterocycles. The topological polar surface area (TPSA) is 136 Å². The van der Waals surface area contributed by atoms with Crippen molar-refractivity contribution in [3.63, 3.8) is 0 Å². The van der Waals surface area contributed by atoms with E-state index in [1.807, 2.05) is 0 Å². The van der Waals surface area contributed by atoms with Gasteiger partial charge in [0.25, 0.3) is 18.2 Å². The standard InChI is InChI=1S/C23H23F2N9O3/c1-32-8-5-23(36,21(32)35)15-9-14(10-26-11-15)16-4-7-34(30-16)19-3-6-27-22(29-19)28-17-12-33(13-18(24)25)31-20(17)37-2/h3-4,6-7,9-12,18,36H,5,8,13H2,1-2H3,(H,27,28,29). The maximum Gasteiger partial charge on any atom is 0.259 e. The molecule has 12 nitrogen and oxygen atoms in total. The van der Waals surface area contributed by atoms with Crippen LogP contribution >= 0.6 is 0 Å². The molecule has 0 aromatic carbocycles. The van der Waals surface area contributed by atoms with Gasteiger partial charge in [-0.1, -0.05) is 0 Å². The highest BCUT2D eigenvalue weighted by atomic mass is 19.3. The molecular formula is C23H23F2N9O3. The van der Waals surface area contributed by atoms with Crippen LogP contribution < -0.4 is 10.1 Å². The van der Waals surface area contributed by atoms with E-state index in [2.05, 4.69) is 30.5 Å². The molecule has 0 saturated carbocycles. The first-order chi connectivity index (χ1) is 17.8. The minimum Gasteiger partial charge on any atom is -0.478 e. The number of amides is 1. The fourth-order valence-corrected chi connectivity index (χ4v) is 4.07. The molecule has 1 atom stereocenters. The van der Waals surface area contributed by atoms with Gasteiger partial charge in [-0.25, -0.2) is 18.4 Å². The Hall–Kier alpha value is -4.46. The first kappa shape index (κ1) is 24.2. The number of nitrogens with one attached hydrogen (secondary N) is 1. The summed E-state index contributed by atoms with van der Waals surface area (Å²) >= 11 is 0. The van der Waals surface area contributed by atoms with Crippen LogP contribution in [0.4, 0.5) is 20.4 Å². The summed E-state index contributed by atoms with van der Waals surface area (Å²) in [7, 11) is 3.03. The van der Waals surface area contributed by atoms with Crippen molar-refractivity contribution >= 4 is 17.5 Å². The predicted octanol–water partition coefficient (Wildman–Crippen LogP) is 1.99. The van der Waals surface area contributed by atoms with Gasteiger partial charge < -0.3 is 20.1 Å². The minimum atomic E-state index is -2.56. The molecular weight excluding hydrogens is 488 g/mol. The van der Waals surface area contributed by atoms with Gasteiger partial charge in [-0.15, -0.1) is 5.10 Å². The van der Waals surface area contributed by atoms with E-state index in [0.717, 1.165) is 4.68 Å². The van der Waals surface area contributed by atoms with Crippen LogP contribution in [0.2, 0.25) is 0 Å². The van der Waals surface area contributed by atoms with Gasteiger partial charge >= 0.3 is 0 Å². The molecule has 0 aliphatic carbocycles. The second-order valence-corrected chi connectivity index (χ2v) is 8.47. The maximum absolute atomic E-state index is 12.7. The lowest BCUT2D eigenvalue weighted by Gasteiger charge is -2.21. The van der Waals surface area contributed by atoms with Crippen LogP contribution in [0, 0.1) is 0 Å². The summed E-state index contributed by atoms with van der Waals surface area (Å²) in [5.74, 6) is 0.364. The number of alkyl halides is 2. The number of hydrogen-bond acceptors (Lipinski definition) is 9. The molecule has 14 heteroatoms. The third-order valence-electron chi connectivity index (χ3n) is 5.98. The van der Waals surface area contributed by atoms with Crippen molar-refractivity contribution in [2.24, 2.45) is 0 Å². The molecule has 1 aliphatic rings. The Morgan fingerprint density at radius 3 is 2.84 bits per heavy atom. The smallest absolute Gasteiger partial charge is 0.259 e. The maximum atomic E-state index is 12.7. The lowest BCUT2D eigenvalue weighted by atomic mass is 9.92. The van der Waals surface area contributed by atoms with Crippen molar-refractivity contribution in [3.05, 3.63) is 54.7 Å². The Labute approximate surface area is 209 Å². The van der Waals surface area contributed by atoms with Crippen LogP contribution in [0.1, 0.15) is 12.0 Å². The zero-order chi connectivity index (χ0) is 26.2. The molecule has 2 N–H and O–H groups in total. The number of nitrogens with zero attached hydrogens (tertiary/aromatic N) is 8. The SMILES string of the molecule is COc1nn(CC(F)F)cc1Nc1nccc(-n2ccc(-c3cncc(C4(O)CCN(C)C4=O)c3)n2)n1. The van der Waals surface area contributed by atoms with Crippen LogP contribution in [0.3, 0.4) is 0 Å². The zero-order valence-electron chi connectivity index (χ0n) is 19.9. The van der Waals surface area contributed by atoms with Crippen LogP contribution in [0.5, 0.6) is 5.88 Å². The molecule has 1 saturated heterocycles. The lowest BCUT2D eigenvalue weighted by Crippen LogP contribution is -2.36. The van der Waals surface area contributed by atoms with E-state index < -0.39 is 18.6 Å². The second-order valence-electron chi connectivity index (χ2n) is 8.47. The number of anilines is 2. The Balaban J connectivity index is 1.38. The molecule has 1 unspecified atom stereocenters. The summed E-state index contributed by atoms with van der Waals surface area (Å²) in [6.45, 7) is -0.121. The Kier molecular flexibility index (Phi) is 6.25. The highest BCUT2D eigenvalue weighted by Crippen LogP contribution is 2.34. The van der Waals surface area contributed by atoms with E-state index >= 15 is 0 Å². The number of aliphatic hydroxyl groups is 1. The molecule has 192 valence electrons. The van der Waals surface area contributed by atoms with Crippen LogP contribution in [-0.4, -0.2) is 77.6 Å². The highest BCUT2D eigenvalue weighted by Gasteiger charge is 2.45. The van der Waals surface area contributed by atoms with Crippen molar-refractivity contribution in [2.45, 2.75) is 25.0 Å². The molecule has 0 bridgehead atoms. The van der Waals surface area contributed by atoms with E-state index in [9.17, 15) is 18.7 Å². The number of rotatable bonds is 8. The van der Waals surface area contributed by atoms with Gasteiger partial charge in [-0.05, 0) is 12.1 Å². The third kappa shape index (κ3) is 4.70. The molecule has 1 amide bonds. The van der Waals surface area contributed by atoms with Crippen molar-refractivity contribution in [1.82, 2.24) is 39.4 Å². The predicted molar refractivity (Wildman–Crippen MR) is 127 cm³/mol. The molecule has 1 aliphatic heterocycles. The summed E-state index contributed by atoms with van der Waals surface area (Å²) in [5.41, 5.74) is 0.297.